The average molecular weight is 270 g/mol. The Kier molecular flexibility index (Phi) is 2.38. The van der Waals surface area contributed by atoms with Crippen LogP contribution in [0.1, 0.15) is 34.2 Å². The number of hydrogen-bond donors (Lipinski definition) is 1. The second-order valence-electron chi connectivity index (χ2n) is 5.05. The highest BCUT2D eigenvalue weighted by molar-refractivity contribution is 7.10. The van der Waals surface area contributed by atoms with Crippen LogP contribution in [0.5, 0.6) is 0 Å². The van der Waals surface area contributed by atoms with Crippen LogP contribution >= 0.6 is 11.3 Å². The highest BCUT2D eigenvalue weighted by Gasteiger charge is 2.42. The number of benzene rings is 1. The topological polar surface area (TPSA) is 32.3 Å². The van der Waals surface area contributed by atoms with Gasteiger partial charge >= 0.3 is 0 Å². The number of amides is 1. The number of carbonyl (C=O) groups is 1. The van der Waals surface area contributed by atoms with E-state index in [9.17, 15) is 4.79 Å². The SMILES string of the molecule is O=C1c2ccccc2NC(c2cccs2)N1C1CC1. The number of thiophene rings is 1. The fraction of sp³-hybridized carbons (Fsp3) is 0.267. The van der Waals surface area contributed by atoms with Gasteiger partial charge in [-0.25, -0.2) is 0 Å². The molecule has 4 heteroatoms. The summed E-state index contributed by atoms with van der Waals surface area (Å²) in [5, 5.41) is 5.58. The predicted molar refractivity (Wildman–Crippen MR) is 76.3 cm³/mol. The van der Waals surface area contributed by atoms with Crippen molar-refractivity contribution in [1.82, 2.24) is 4.90 Å². The molecule has 0 bridgehead atoms. The van der Waals surface area contributed by atoms with Crippen LogP contribution < -0.4 is 5.32 Å². The molecule has 1 aromatic heterocycles. The van der Waals surface area contributed by atoms with Crippen molar-refractivity contribution < 1.29 is 4.79 Å². The molecule has 2 aromatic rings. The van der Waals surface area contributed by atoms with Gasteiger partial charge in [0.05, 0.1) is 5.56 Å². The number of nitrogens with zero attached hydrogens (tertiary/aromatic N) is 1. The van der Waals surface area contributed by atoms with Crippen molar-refractivity contribution in [2.24, 2.45) is 0 Å². The van der Waals surface area contributed by atoms with E-state index >= 15 is 0 Å². The Hall–Kier alpha value is -1.81. The minimum atomic E-state index is -0.00472. The molecule has 1 amide bonds. The smallest absolute Gasteiger partial charge is 0.258 e. The summed E-state index contributed by atoms with van der Waals surface area (Å²) in [4.78, 5) is 15.9. The third-order valence-electron chi connectivity index (χ3n) is 3.72. The van der Waals surface area contributed by atoms with E-state index in [1.54, 1.807) is 11.3 Å². The summed E-state index contributed by atoms with van der Waals surface area (Å²) < 4.78 is 0. The van der Waals surface area contributed by atoms with Gasteiger partial charge in [-0.1, -0.05) is 18.2 Å². The zero-order valence-corrected chi connectivity index (χ0v) is 11.2. The Morgan fingerprint density at radius 3 is 2.74 bits per heavy atom. The zero-order chi connectivity index (χ0) is 12.8. The Labute approximate surface area is 115 Å². The van der Waals surface area contributed by atoms with E-state index in [1.165, 1.54) is 4.88 Å². The minimum Gasteiger partial charge on any atom is -0.360 e. The van der Waals surface area contributed by atoms with Crippen LogP contribution in [0.4, 0.5) is 5.69 Å². The Morgan fingerprint density at radius 1 is 1.16 bits per heavy atom. The van der Waals surface area contributed by atoms with Crippen LogP contribution in [0.2, 0.25) is 0 Å². The molecular formula is C15H14N2OS. The van der Waals surface area contributed by atoms with E-state index in [4.69, 9.17) is 0 Å². The molecule has 0 saturated heterocycles. The van der Waals surface area contributed by atoms with E-state index < -0.39 is 0 Å². The number of nitrogens with one attached hydrogen (secondary N) is 1. The van der Waals surface area contributed by atoms with Gasteiger partial charge in [0.15, 0.2) is 0 Å². The van der Waals surface area contributed by atoms with Gasteiger partial charge in [0.1, 0.15) is 6.17 Å². The van der Waals surface area contributed by atoms with Gasteiger partial charge in [-0.05, 0) is 36.4 Å². The summed E-state index contributed by atoms with van der Waals surface area (Å²) >= 11 is 1.70. The second-order valence-corrected chi connectivity index (χ2v) is 6.03. The van der Waals surface area contributed by atoms with Crippen LogP contribution in [0.15, 0.2) is 41.8 Å². The monoisotopic (exact) mass is 270 g/mol. The van der Waals surface area contributed by atoms with Crippen molar-refractivity contribution in [3.8, 4) is 0 Å². The molecule has 0 spiro atoms. The summed E-state index contributed by atoms with van der Waals surface area (Å²) in [7, 11) is 0. The molecule has 1 unspecified atom stereocenters. The zero-order valence-electron chi connectivity index (χ0n) is 10.4. The summed E-state index contributed by atoms with van der Waals surface area (Å²) in [5.41, 5.74) is 1.74. The quantitative estimate of drug-likeness (QED) is 0.906. The molecular weight excluding hydrogens is 256 g/mol. The molecule has 1 saturated carbocycles. The maximum absolute atomic E-state index is 12.7. The number of rotatable bonds is 2. The van der Waals surface area contributed by atoms with Crippen molar-refractivity contribution in [3.05, 3.63) is 52.2 Å². The number of para-hydroxylation sites is 1. The first kappa shape index (κ1) is 11.1. The predicted octanol–water partition coefficient (Wildman–Crippen LogP) is 3.48. The number of anilines is 1. The van der Waals surface area contributed by atoms with Crippen LogP contribution in [-0.4, -0.2) is 16.8 Å². The van der Waals surface area contributed by atoms with Crippen LogP contribution in [-0.2, 0) is 0 Å². The summed E-state index contributed by atoms with van der Waals surface area (Å²) in [5.74, 6) is 0.162. The molecule has 19 heavy (non-hydrogen) atoms. The van der Waals surface area contributed by atoms with Crippen LogP contribution in [0.25, 0.3) is 0 Å². The fourth-order valence-corrected chi connectivity index (χ4v) is 3.43. The Morgan fingerprint density at radius 2 is 2.00 bits per heavy atom. The lowest BCUT2D eigenvalue weighted by Gasteiger charge is -2.37. The number of fused-ring (bicyclic) bond motifs is 1. The molecule has 1 N–H and O–H groups in total. The molecule has 96 valence electrons. The first-order valence-corrected chi connectivity index (χ1v) is 7.44. The highest BCUT2D eigenvalue weighted by atomic mass is 32.1. The third-order valence-corrected chi connectivity index (χ3v) is 4.64. The number of carbonyl (C=O) groups excluding carboxylic acids is 1. The molecule has 1 aliphatic heterocycles. The normalized spacial score (nSPS) is 22.0. The lowest BCUT2D eigenvalue weighted by molar-refractivity contribution is 0.0669. The second kappa shape index (κ2) is 4.10. The Balaban J connectivity index is 1.81. The van der Waals surface area contributed by atoms with Crippen molar-refractivity contribution in [3.63, 3.8) is 0 Å². The van der Waals surface area contributed by atoms with Crippen molar-refractivity contribution in [2.45, 2.75) is 25.0 Å². The maximum atomic E-state index is 12.7. The van der Waals surface area contributed by atoms with Gasteiger partial charge in [-0.2, -0.15) is 0 Å². The maximum Gasteiger partial charge on any atom is 0.258 e. The molecule has 1 aliphatic carbocycles. The molecule has 1 fully saturated rings. The standard InChI is InChI=1S/C15H14N2OS/c18-15-11-4-1-2-5-12(11)16-14(13-6-3-9-19-13)17(15)10-7-8-10/h1-6,9-10,14,16H,7-8H2. The van der Waals surface area contributed by atoms with Gasteiger partial charge in [-0.3, -0.25) is 4.79 Å². The fourth-order valence-electron chi connectivity index (χ4n) is 2.65. The molecule has 1 aromatic carbocycles. The summed E-state index contributed by atoms with van der Waals surface area (Å²) in [6.07, 6.45) is 2.24. The largest absolute Gasteiger partial charge is 0.360 e. The molecule has 4 rings (SSSR count). The molecule has 0 radical (unpaired) electrons. The molecule has 2 heterocycles. The number of hydrogen-bond acceptors (Lipinski definition) is 3. The lowest BCUT2D eigenvalue weighted by atomic mass is 10.1. The van der Waals surface area contributed by atoms with Gasteiger partial charge in [0.2, 0.25) is 0 Å². The van der Waals surface area contributed by atoms with Gasteiger partial charge in [0, 0.05) is 16.6 Å². The van der Waals surface area contributed by atoms with E-state index in [-0.39, 0.29) is 12.1 Å². The van der Waals surface area contributed by atoms with Crippen molar-refractivity contribution in [2.75, 3.05) is 5.32 Å². The van der Waals surface area contributed by atoms with Crippen molar-refractivity contribution in [1.29, 1.82) is 0 Å². The van der Waals surface area contributed by atoms with Gasteiger partial charge < -0.3 is 10.2 Å². The van der Waals surface area contributed by atoms with E-state index in [0.29, 0.717) is 6.04 Å². The minimum absolute atomic E-state index is 0.00472. The summed E-state index contributed by atoms with van der Waals surface area (Å²) in [6, 6.07) is 12.3. The molecule has 2 aliphatic rings. The van der Waals surface area contributed by atoms with Gasteiger partial charge in [0.25, 0.3) is 5.91 Å². The van der Waals surface area contributed by atoms with Crippen LogP contribution in [0.3, 0.4) is 0 Å². The van der Waals surface area contributed by atoms with E-state index in [2.05, 4.69) is 16.8 Å². The highest BCUT2D eigenvalue weighted by Crippen LogP contribution is 2.41. The first-order chi connectivity index (χ1) is 9.34. The lowest BCUT2D eigenvalue weighted by Crippen LogP contribution is -2.43. The Bertz CT molecular complexity index is 619. The molecule has 1 atom stereocenters. The van der Waals surface area contributed by atoms with Crippen molar-refractivity contribution >= 4 is 22.9 Å². The van der Waals surface area contributed by atoms with Gasteiger partial charge in [-0.15, -0.1) is 11.3 Å². The molecule has 3 nitrogen and oxygen atoms in total. The van der Waals surface area contributed by atoms with E-state index in [1.807, 2.05) is 35.2 Å². The van der Waals surface area contributed by atoms with E-state index in [0.717, 1.165) is 24.1 Å². The van der Waals surface area contributed by atoms with Crippen LogP contribution in [0, 0.1) is 0 Å². The first-order valence-electron chi connectivity index (χ1n) is 6.56. The average Bonchev–Trinajstić information content (AvgIpc) is 3.12. The summed E-state index contributed by atoms with van der Waals surface area (Å²) in [6.45, 7) is 0. The third kappa shape index (κ3) is 1.75.